The van der Waals surface area contributed by atoms with E-state index in [1.54, 1.807) is 6.33 Å². The number of carbonyl (C=O) groups excluding carboxylic acids is 1. The molecule has 8 nitrogen and oxygen atoms in total. The van der Waals surface area contributed by atoms with Gasteiger partial charge in [-0.15, -0.1) is 0 Å². The summed E-state index contributed by atoms with van der Waals surface area (Å²) in [6, 6.07) is 10.0. The summed E-state index contributed by atoms with van der Waals surface area (Å²) in [5.41, 5.74) is 2.39. The van der Waals surface area contributed by atoms with Crippen molar-refractivity contribution < 1.29 is 13.9 Å². The molecule has 10 heteroatoms. The molecule has 1 aliphatic rings. The van der Waals surface area contributed by atoms with Crippen molar-refractivity contribution >= 4 is 39.9 Å². The molecule has 2 heterocycles. The van der Waals surface area contributed by atoms with E-state index in [9.17, 15) is 9.18 Å². The lowest BCUT2D eigenvalue weighted by atomic mass is 10.2. The van der Waals surface area contributed by atoms with Gasteiger partial charge in [-0.2, -0.15) is 0 Å². The molecule has 35 heavy (non-hydrogen) atoms. The van der Waals surface area contributed by atoms with E-state index >= 15 is 0 Å². The summed E-state index contributed by atoms with van der Waals surface area (Å²) in [4.78, 5) is 25.7. The predicted octanol–water partition coefficient (Wildman–Crippen LogP) is 3.69. The fraction of sp³-hybridized carbons (Fsp3) is 0.320. The van der Waals surface area contributed by atoms with Crippen LogP contribution in [0.25, 0.3) is 10.9 Å². The summed E-state index contributed by atoms with van der Waals surface area (Å²) < 4.78 is 18.8. The quantitative estimate of drug-likeness (QED) is 0.465. The molecule has 2 aromatic carbocycles. The number of halogens is 2. The molecular weight excluding hydrogens is 471 g/mol. The maximum atomic E-state index is 13.5. The predicted molar refractivity (Wildman–Crippen MR) is 137 cm³/mol. The third-order valence-electron chi connectivity index (χ3n) is 5.75. The van der Waals surface area contributed by atoms with Gasteiger partial charge in [-0.05, 0) is 37.4 Å². The van der Waals surface area contributed by atoms with Gasteiger partial charge >= 0.3 is 0 Å². The van der Waals surface area contributed by atoms with E-state index in [2.05, 4.69) is 50.1 Å². The summed E-state index contributed by atoms with van der Waals surface area (Å²) in [5, 5.41) is 7.07. The maximum Gasteiger partial charge on any atom is 0.262 e. The van der Waals surface area contributed by atoms with Gasteiger partial charge in [-0.25, -0.2) is 14.4 Å². The number of anilines is 2. The topological polar surface area (TPSA) is 82.6 Å². The molecule has 1 saturated heterocycles. The molecule has 1 aromatic heterocycles. The fourth-order valence-electron chi connectivity index (χ4n) is 3.79. The van der Waals surface area contributed by atoms with Crippen LogP contribution in [0.3, 0.4) is 0 Å². The SMILES string of the molecule is C=C(CCNc1ccc2ncnc(N3CCN(C)CC3)c2c1)NC(=O)COc1ccc(Cl)c(F)c1. The molecule has 3 aromatic rings. The van der Waals surface area contributed by atoms with E-state index in [4.69, 9.17) is 16.3 Å². The van der Waals surface area contributed by atoms with Crippen LogP contribution in [0.15, 0.2) is 55.0 Å². The van der Waals surface area contributed by atoms with Gasteiger partial charge in [-0.3, -0.25) is 4.79 Å². The van der Waals surface area contributed by atoms with Crippen LogP contribution < -0.4 is 20.3 Å². The zero-order valence-electron chi connectivity index (χ0n) is 19.6. The highest BCUT2D eigenvalue weighted by molar-refractivity contribution is 6.30. The third-order valence-corrected chi connectivity index (χ3v) is 6.06. The van der Waals surface area contributed by atoms with Gasteiger partial charge < -0.3 is 25.2 Å². The Morgan fingerprint density at radius 3 is 2.74 bits per heavy atom. The Labute approximate surface area is 208 Å². The van der Waals surface area contributed by atoms with Crippen molar-refractivity contribution in [1.82, 2.24) is 20.2 Å². The van der Waals surface area contributed by atoms with Crippen LogP contribution in [0, 0.1) is 5.82 Å². The highest BCUT2D eigenvalue weighted by Gasteiger charge is 2.18. The molecule has 1 amide bonds. The van der Waals surface area contributed by atoms with Crippen LogP contribution in [0.4, 0.5) is 15.9 Å². The van der Waals surface area contributed by atoms with Crippen LogP contribution in [0.5, 0.6) is 5.75 Å². The number of amides is 1. The van der Waals surface area contributed by atoms with Gasteiger partial charge in [0.2, 0.25) is 0 Å². The fourth-order valence-corrected chi connectivity index (χ4v) is 3.91. The third kappa shape index (κ3) is 6.58. The maximum absolute atomic E-state index is 13.5. The number of ether oxygens (including phenoxy) is 1. The largest absolute Gasteiger partial charge is 0.484 e. The molecule has 1 fully saturated rings. The number of carbonyl (C=O) groups is 1. The van der Waals surface area contributed by atoms with Gasteiger partial charge in [0, 0.05) is 62.0 Å². The van der Waals surface area contributed by atoms with Crippen molar-refractivity contribution in [3.05, 3.63) is 65.8 Å². The molecule has 184 valence electrons. The first-order valence-electron chi connectivity index (χ1n) is 11.4. The molecule has 4 rings (SSSR count). The highest BCUT2D eigenvalue weighted by atomic mass is 35.5. The number of hydrogen-bond donors (Lipinski definition) is 2. The number of fused-ring (bicyclic) bond motifs is 1. The molecule has 0 radical (unpaired) electrons. The lowest BCUT2D eigenvalue weighted by Crippen LogP contribution is -2.44. The van der Waals surface area contributed by atoms with Crippen LogP contribution in [0.2, 0.25) is 5.02 Å². The summed E-state index contributed by atoms with van der Waals surface area (Å²) in [6.45, 7) is 8.07. The molecule has 0 saturated carbocycles. The van der Waals surface area contributed by atoms with E-state index in [1.165, 1.54) is 12.1 Å². The average molecular weight is 499 g/mol. The van der Waals surface area contributed by atoms with Crippen molar-refractivity contribution in [2.75, 3.05) is 56.6 Å². The van der Waals surface area contributed by atoms with Crippen LogP contribution in [-0.2, 0) is 4.79 Å². The van der Waals surface area contributed by atoms with E-state index in [-0.39, 0.29) is 23.3 Å². The molecule has 0 aliphatic carbocycles. The number of nitrogens with zero attached hydrogens (tertiary/aromatic N) is 4. The van der Waals surface area contributed by atoms with Crippen molar-refractivity contribution in [1.29, 1.82) is 0 Å². The van der Waals surface area contributed by atoms with E-state index in [0.717, 1.165) is 54.7 Å². The lowest BCUT2D eigenvalue weighted by Gasteiger charge is -2.33. The number of hydrogen-bond acceptors (Lipinski definition) is 7. The minimum Gasteiger partial charge on any atom is -0.484 e. The van der Waals surface area contributed by atoms with Gasteiger partial charge in [0.25, 0.3) is 5.91 Å². The van der Waals surface area contributed by atoms with Crippen molar-refractivity contribution in [2.24, 2.45) is 0 Å². The lowest BCUT2D eigenvalue weighted by molar-refractivity contribution is -0.122. The second kappa shape index (κ2) is 11.3. The van der Waals surface area contributed by atoms with Gasteiger partial charge in [0.05, 0.1) is 10.5 Å². The standard InChI is InChI=1S/C25H28ClFN6O2/c1-17(31-24(34)15-35-19-4-5-21(26)22(27)14-19)7-8-28-18-3-6-23-20(13-18)25(30-16-29-23)33-11-9-32(2)10-12-33/h3-6,13-14,16,28H,1,7-12,15H2,2H3,(H,31,34). The monoisotopic (exact) mass is 498 g/mol. The van der Waals surface area contributed by atoms with E-state index < -0.39 is 5.82 Å². The number of likely N-dealkylation sites (N-methyl/N-ethyl adjacent to an activating group) is 1. The first-order chi connectivity index (χ1) is 16.9. The smallest absolute Gasteiger partial charge is 0.262 e. The van der Waals surface area contributed by atoms with Crippen molar-refractivity contribution in [3.8, 4) is 5.75 Å². The van der Waals surface area contributed by atoms with Crippen molar-refractivity contribution in [2.45, 2.75) is 6.42 Å². The minimum absolute atomic E-state index is 0.00262. The van der Waals surface area contributed by atoms with E-state index in [0.29, 0.717) is 18.7 Å². The first kappa shape index (κ1) is 24.7. The Hall–Kier alpha value is -3.43. The second-order valence-electron chi connectivity index (χ2n) is 8.41. The highest BCUT2D eigenvalue weighted by Crippen LogP contribution is 2.26. The normalized spacial score (nSPS) is 14.1. The molecule has 2 N–H and O–H groups in total. The van der Waals surface area contributed by atoms with Crippen LogP contribution >= 0.6 is 11.6 Å². The molecule has 0 spiro atoms. The first-order valence-corrected chi connectivity index (χ1v) is 11.7. The second-order valence-corrected chi connectivity index (χ2v) is 8.82. The Morgan fingerprint density at radius 1 is 1.17 bits per heavy atom. The number of benzene rings is 2. The number of nitrogens with one attached hydrogen (secondary N) is 2. The zero-order chi connectivity index (χ0) is 24.8. The van der Waals surface area contributed by atoms with Crippen molar-refractivity contribution in [3.63, 3.8) is 0 Å². The summed E-state index contributed by atoms with van der Waals surface area (Å²) in [7, 11) is 2.13. The molecular formula is C25H28ClFN6O2. The summed E-state index contributed by atoms with van der Waals surface area (Å²) in [6.07, 6.45) is 2.14. The average Bonchev–Trinajstić information content (AvgIpc) is 2.85. The minimum atomic E-state index is -0.601. The number of aromatic nitrogens is 2. The Bertz CT molecular complexity index is 1220. The number of piperazine rings is 1. The number of rotatable bonds is 9. The molecule has 0 atom stereocenters. The Balaban J connectivity index is 1.27. The molecule has 0 bridgehead atoms. The van der Waals surface area contributed by atoms with Gasteiger partial charge in [0.1, 0.15) is 23.7 Å². The molecule has 1 aliphatic heterocycles. The molecule has 0 unspecified atom stereocenters. The summed E-state index contributed by atoms with van der Waals surface area (Å²) >= 11 is 5.64. The van der Waals surface area contributed by atoms with Gasteiger partial charge in [0.15, 0.2) is 6.61 Å². The van der Waals surface area contributed by atoms with Crippen LogP contribution in [0.1, 0.15) is 6.42 Å². The van der Waals surface area contributed by atoms with E-state index in [1.807, 2.05) is 12.1 Å². The van der Waals surface area contributed by atoms with Gasteiger partial charge in [-0.1, -0.05) is 18.2 Å². The summed E-state index contributed by atoms with van der Waals surface area (Å²) in [5.74, 6) is 0.204. The van der Waals surface area contributed by atoms with Crippen LogP contribution in [-0.4, -0.2) is 67.2 Å². The Morgan fingerprint density at radius 2 is 1.97 bits per heavy atom. The Kier molecular flexibility index (Phi) is 7.99. The zero-order valence-corrected chi connectivity index (χ0v) is 20.3.